The number of aromatic nitrogens is 3. The number of nitrogens with zero attached hydrogens (tertiary/aromatic N) is 3. The second kappa shape index (κ2) is 4.36. The summed E-state index contributed by atoms with van der Waals surface area (Å²) in [5.74, 6) is 1.42. The van der Waals surface area contributed by atoms with E-state index in [1.807, 2.05) is 4.68 Å². The molecule has 0 saturated heterocycles. The molecule has 0 radical (unpaired) electrons. The Morgan fingerprint density at radius 1 is 1.05 bits per heavy atom. The van der Waals surface area contributed by atoms with Crippen LogP contribution >= 0.6 is 0 Å². The summed E-state index contributed by atoms with van der Waals surface area (Å²) in [4.78, 5) is 4.38. The lowest BCUT2D eigenvalue weighted by Gasteiger charge is -2.09. The molecule has 6 heteroatoms. The van der Waals surface area contributed by atoms with Gasteiger partial charge in [0.25, 0.3) is 0 Å². The normalized spacial score (nSPS) is 15.3. The molecule has 100 valence electrons. The fraction of sp³-hybridized carbons (Fsp3) is 0.385. The van der Waals surface area contributed by atoms with E-state index in [1.165, 1.54) is 12.1 Å². The quantitative estimate of drug-likeness (QED) is 0.793. The number of halogens is 3. The molecule has 3 rings (SSSR count). The van der Waals surface area contributed by atoms with Crippen LogP contribution in [0.5, 0.6) is 0 Å². The third-order valence-electron chi connectivity index (χ3n) is 3.24. The van der Waals surface area contributed by atoms with Crippen LogP contribution in [0.1, 0.15) is 24.2 Å². The van der Waals surface area contributed by atoms with Gasteiger partial charge in [0.05, 0.1) is 5.56 Å². The fourth-order valence-corrected chi connectivity index (χ4v) is 2.21. The highest BCUT2D eigenvalue weighted by Crippen LogP contribution is 2.30. The second-order valence-corrected chi connectivity index (χ2v) is 4.61. The summed E-state index contributed by atoms with van der Waals surface area (Å²) in [5.41, 5.74) is -0.0323. The molecule has 2 heterocycles. The zero-order valence-corrected chi connectivity index (χ0v) is 10.1. The average molecular weight is 267 g/mol. The zero-order chi connectivity index (χ0) is 13.5. The summed E-state index contributed by atoms with van der Waals surface area (Å²) in [5, 5.41) is 4.34. The smallest absolute Gasteiger partial charge is 0.249 e. The highest BCUT2D eigenvalue weighted by molar-refractivity contribution is 5.55. The van der Waals surface area contributed by atoms with Gasteiger partial charge in [-0.15, -0.1) is 0 Å². The second-order valence-electron chi connectivity index (χ2n) is 4.61. The highest BCUT2D eigenvalue weighted by atomic mass is 19.4. The Morgan fingerprint density at radius 3 is 2.42 bits per heavy atom. The van der Waals surface area contributed by atoms with Crippen molar-refractivity contribution in [1.29, 1.82) is 0 Å². The summed E-state index contributed by atoms with van der Waals surface area (Å²) in [7, 11) is 0. The number of hydrogen-bond donors (Lipinski definition) is 0. The van der Waals surface area contributed by atoms with Crippen LogP contribution in [0, 0.1) is 0 Å². The minimum Gasteiger partial charge on any atom is -0.249 e. The van der Waals surface area contributed by atoms with Gasteiger partial charge in [-0.05, 0) is 25.0 Å². The first-order valence-electron chi connectivity index (χ1n) is 6.15. The fourth-order valence-electron chi connectivity index (χ4n) is 2.21. The first kappa shape index (κ1) is 12.2. The minimum atomic E-state index is -4.31. The van der Waals surface area contributed by atoms with E-state index in [-0.39, 0.29) is 0 Å². The molecular formula is C13H12F3N3. The molecule has 19 heavy (non-hydrogen) atoms. The molecule has 1 aliphatic rings. The number of aryl methyl sites for hydroxylation is 2. The molecule has 0 bridgehead atoms. The van der Waals surface area contributed by atoms with Crippen molar-refractivity contribution in [2.24, 2.45) is 0 Å². The Balaban J connectivity index is 1.92. The molecule has 3 nitrogen and oxygen atoms in total. The third kappa shape index (κ3) is 2.34. The SMILES string of the molecule is FC(F)(F)c1ccc(-c2nc3n(n2)CCCC3)cc1. The lowest BCUT2D eigenvalue weighted by Crippen LogP contribution is -2.11. The maximum absolute atomic E-state index is 12.5. The van der Waals surface area contributed by atoms with Crippen LogP contribution in [0.25, 0.3) is 11.4 Å². The highest BCUT2D eigenvalue weighted by Gasteiger charge is 2.30. The summed E-state index contributed by atoms with van der Waals surface area (Å²) >= 11 is 0. The molecule has 1 aromatic carbocycles. The van der Waals surface area contributed by atoms with E-state index in [4.69, 9.17) is 0 Å². The molecule has 1 aliphatic heterocycles. The van der Waals surface area contributed by atoms with Gasteiger partial charge >= 0.3 is 6.18 Å². The Bertz CT molecular complexity index is 561. The van der Waals surface area contributed by atoms with Crippen LogP contribution in [0.3, 0.4) is 0 Å². The van der Waals surface area contributed by atoms with Crippen LogP contribution in [0.2, 0.25) is 0 Å². The van der Waals surface area contributed by atoms with Crippen molar-refractivity contribution in [2.75, 3.05) is 0 Å². The van der Waals surface area contributed by atoms with E-state index in [0.717, 1.165) is 43.8 Å². The summed E-state index contributed by atoms with van der Waals surface area (Å²) in [6.07, 6.45) is -1.26. The van der Waals surface area contributed by atoms with Crippen molar-refractivity contribution in [1.82, 2.24) is 14.8 Å². The van der Waals surface area contributed by atoms with Crippen LogP contribution in [-0.4, -0.2) is 14.8 Å². The molecule has 1 aromatic heterocycles. The molecule has 0 spiro atoms. The van der Waals surface area contributed by atoms with Crippen molar-refractivity contribution in [3.05, 3.63) is 35.7 Å². The molecule has 0 unspecified atom stereocenters. The van der Waals surface area contributed by atoms with Crippen LogP contribution in [0.4, 0.5) is 13.2 Å². The Morgan fingerprint density at radius 2 is 1.79 bits per heavy atom. The van der Waals surface area contributed by atoms with E-state index in [2.05, 4.69) is 10.1 Å². The van der Waals surface area contributed by atoms with Gasteiger partial charge in [-0.25, -0.2) is 9.67 Å². The van der Waals surface area contributed by atoms with Crippen molar-refractivity contribution < 1.29 is 13.2 Å². The van der Waals surface area contributed by atoms with E-state index in [0.29, 0.717) is 11.4 Å². The van der Waals surface area contributed by atoms with E-state index < -0.39 is 11.7 Å². The Hall–Kier alpha value is -1.85. The number of alkyl halides is 3. The zero-order valence-electron chi connectivity index (χ0n) is 10.1. The maximum Gasteiger partial charge on any atom is 0.416 e. The standard InChI is InChI=1S/C13H12F3N3/c14-13(15,16)10-6-4-9(5-7-10)12-17-11-3-1-2-8-19(11)18-12/h4-7H,1-3,8H2. The number of rotatable bonds is 1. The summed E-state index contributed by atoms with van der Waals surface area (Å²) in [6, 6.07) is 4.97. The molecule has 0 saturated carbocycles. The molecule has 0 aliphatic carbocycles. The van der Waals surface area contributed by atoms with Gasteiger partial charge in [-0.3, -0.25) is 0 Å². The van der Waals surface area contributed by atoms with Gasteiger partial charge in [-0.2, -0.15) is 18.3 Å². The van der Waals surface area contributed by atoms with Crippen molar-refractivity contribution >= 4 is 0 Å². The minimum absolute atomic E-state index is 0.505. The maximum atomic E-state index is 12.5. The largest absolute Gasteiger partial charge is 0.416 e. The first-order chi connectivity index (χ1) is 9.04. The van der Waals surface area contributed by atoms with Gasteiger partial charge in [0.15, 0.2) is 5.82 Å². The monoisotopic (exact) mass is 267 g/mol. The predicted molar refractivity (Wildman–Crippen MR) is 63.4 cm³/mol. The van der Waals surface area contributed by atoms with Crippen LogP contribution in [-0.2, 0) is 19.1 Å². The van der Waals surface area contributed by atoms with Gasteiger partial charge in [0, 0.05) is 18.5 Å². The van der Waals surface area contributed by atoms with Crippen molar-refractivity contribution in [3.63, 3.8) is 0 Å². The first-order valence-corrected chi connectivity index (χ1v) is 6.15. The van der Waals surface area contributed by atoms with Gasteiger partial charge < -0.3 is 0 Å². The van der Waals surface area contributed by atoms with Crippen molar-refractivity contribution in [2.45, 2.75) is 32.0 Å². The molecular weight excluding hydrogens is 255 g/mol. The topological polar surface area (TPSA) is 30.7 Å². The van der Waals surface area contributed by atoms with Crippen LogP contribution < -0.4 is 0 Å². The molecule has 0 fully saturated rings. The van der Waals surface area contributed by atoms with Gasteiger partial charge in [0.1, 0.15) is 5.82 Å². The van der Waals surface area contributed by atoms with E-state index >= 15 is 0 Å². The van der Waals surface area contributed by atoms with Gasteiger partial charge in [0.2, 0.25) is 0 Å². The molecule has 0 amide bonds. The molecule has 0 N–H and O–H groups in total. The summed E-state index contributed by atoms with van der Waals surface area (Å²) < 4.78 is 39.3. The van der Waals surface area contributed by atoms with Crippen molar-refractivity contribution in [3.8, 4) is 11.4 Å². The average Bonchev–Trinajstić information content (AvgIpc) is 2.81. The van der Waals surface area contributed by atoms with Crippen LogP contribution in [0.15, 0.2) is 24.3 Å². The summed E-state index contributed by atoms with van der Waals surface area (Å²) in [6.45, 7) is 0.836. The Kier molecular flexibility index (Phi) is 2.80. The molecule has 2 aromatic rings. The number of fused-ring (bicyclic) bond motifs is 1. The Labute approximate surface area is 108 Å². The predicted octanol–water partition coefficient (Wildman–Crippen LogP) is 3.30. The molecule has 0 atom stereocenters. The number of benzene rings is 1. The van der Waals surface area contributed by atoms with Gasteiger partial charge in [-0.1, -0.05) is 12.1 Å². The lowest BCUT2D eigenvalue weighted by atomic mass is 10.1. The third-order valence-corrected chi connectivity index (χ3v) is 3.24. The number of hydrogen-bond acceptors (Lipinski definition) is 2. The lowest BCUT2D eigenvalue weighted by molar-refractivity contribution is -0.137. The van der Waals surface area contributed by atoms with E-state index in [9.17, 15) is 13.2 Å². The van der Waals surface area contributed by atoms with E-state index in [1.54, 1.807) is 0 Å².